The standard InChI is InChI=1S/C30H25NO2SSeSi/c1-16-13-24-28(34-16)31-25-21(11-8-12-23(25)36(24,4)5)30(2,3)22-15-17(35-29(22)31)14-20-26(32)18-9-6-7-10-19(18)27(20)33/h6-15H,1-5H3. The van der Waals surface area contributed by atoms with Gasteiger partial charge in [-0.25, -0.2) is 0 Å². The molecule has 3 nitrogen and oxygen atoms in total. The number of Topliss-reactive ketones (excluding diaryl/α,β-unsaturated/α-hetero) is 2. The molecule has 36 heavy (non-hydrogen) atoms. The summed E-state index contributed by atoms with van der Waals surface area (Å²) in [4.78, 5) is 30.1. The van der Waals surface area contributed by atoms with Crippen LogP contribution in [0.2, 0.25) is 13.1 Å². The van der Waals surface area contributed by atoms with Gasteiger partial charge in [0.05, 0.1) is 0 Å². The predicted octanol–water partition coefficient (Wildman–Crippen LogP) is 5.82. The Labute approximate surface area is 221 Å². The maximum atomic E-state index is 13.1. The number of nitrogens with zero attached hydrogens (tertiary/aromatic N) is 1. The van der Waals surface area contributed by atoms with Gasteiger partial charge in [-0.15, -0.1) is 0 Å². The van der Waals surface area contributed by atoms with E-state index in [1.165, 1.54) is 41.6 Å². The van der Waals surface area contributed by atoms with Crippen LogP contribution in [0, 0.1) is 6.92 Å². The molecule has 0 radical (unpaired) electrons. The molecule has 0 saturated carbocycles. The van der Waals surface area contributed by atoms with Crippen molar-refractivity contribution >= 4 is 77.2 Å². The van der Waals surface area contributed by atoms with Crippen LogP contribution in [0.5, 0.6) is 0 Å². The fourth-order valence-electron chi connectivity index (χ4n) is 6.13. The molecule has 2 aromatic heterocycles. The molecule has 178 valence electrons. The molecule has 3 aliphatic rings. The third-order valence-corrected chi connectivity index (χ3v) is 15.1. The van der Waals surface area contributed by atoms with E-state index in [9.17, 15) is 9.59 Å². The van der Waals surface area contributed by atoms with Gasteiger partial charge >= 0.3 is 223 Å². The van der Waals surface area contributed by atoms with Crippen LogP contribution in [0.15, 0.2) is 60.2 Å². The second-order valence-electron chi connectivity index (χ2n) is 11.0. The number of fused-ring (bicyclic) bond motifs is 5. The van der Waals surface area contributed by atoms with Gasteiger partial charge in [0.25, 0.3) is 0 Å². The van der Waals surface area contributed by atoms with Gasteiger partial charge in [0.1, 0.15) is 0 Å². The van der Waals surface area contributed by atoms with Crippen LogP contribution in [0.4, 0.5) is 15.2 Å². The summed E-state index contributed by atoms with van der Waals surface area (Å²) < 4.78 is 2.44. The van der Waals surface area contributed by atoms with Crippen LogP contribution in [0.25, 0.3) is 6.08 Å². The van der Waals surface area contributed by atoms with Crippen molar-refractivity contribution in [3.8, 4) is 0 Å². The molecule has 0 amide bonds. The summed E-state index contributed by atoms with van der Waals surface area (Å²) in [5, 5.41) is 4.39. The van der Waals surface area contributed by atoms with Gasteiger partial charge in [-0.1, -0.05) is 0 Å². The number of ketones is 2. The maximum absolute atomic E-state index is 13.1. The fourth-order valence-corrected chi connectivity index (χ4v) is 13.7. The van der Waals surface area contributed by atoms with Crippen LogP contribution >= 0.6 is 11.3 Å². The van der Waals surface area contributed by atoms with Crippen molar-refractivity contribution in [2.75, 3.05) is 4.90 Å². The molecule has 7 rings (SSSR count). The number of carbonyl (C=O) groups is 2. The van der Waals surface area contributed by atoms with E-state index in [0.29, 0.717) is 16.7 Å². The third-order valence-electron chi connectivity index (χ3n) is 8.12. The van der Waals surface area contributed by atoms with Crippen molar-refractivity contribution < 1.29 is 9.59 Å². The topological polar surface area (TPSA) is 37.4 Å². The SMILES string of the molecule is Cc1cc2c(s1)N1c3[se]c(C=C4C(=O)c5ccccc5C4=O)cc3C(C)(C)c3cccc(c31)[Si]2(C)C. The number of rotatable bonds is 1. The Bertz CT molecular complexity index is 1670. The van der Waals surface area contributed by atoms with E-state index in [4.69, 9.17) is 0 Å². The third kappa shape index (κ3) is 2.73. The van der Waals surface area contributed by atoms with Crippen LogP contribution in [0.1, 0.15) is 55.0 Å². The van der Waals surface area contributed by atoms with Gasteiger partial charge in [0.15, 0.2) is 0 Å². The van der Waals surface area contributed by atoms with Gasteiger partial charge in [-0.2, -0.15) is 0 Å². The molecule has 2 aliphatic heterocycles. The van der Waals surface area contributed by atoms with Crippen LogP contribution in [-0.2, 0) is 5.41 Å². The number of para-hydroxylation sites is 1. The summed E-state index contributed by atoms with van der Waals surface area (Å²) in [7, 11) is -1.84. The Balaban J connectivity index is 1.46. The zero-order valence-electron chi connectivity index (χ0n) is 20.9. The number of hydrogen-bond acceptors (Lipinski definition) is 4. The molecule has 4 aromatic rings. The van der Waals surface area contributed by atoms with E-state index in [2.05, 4.69) is 69.1 Å². The number of allylic oxidation sites excluding steroid dienone is 1. The molecule has 0 bridgehead atoms. The Morgan fingerprint density at radius 3 is 2.31 bits per heavy atom. The normalized spacial score (nSPS) is 18.0. The molecule has 0 atom stereocenters. The summed E-state index contributed by atoms with van der Waals surface area (Å²) in [6.45, 7) is 11.8. The second-order valence-corrected chi connectivity index (χ2v) is 18.8. The quantitative estimate of drug-likeness (QED) is 0.164. The first-order valence-corrected chi connectivity index (χ1v) is 17.7. The Morgan fingerprint density at radius 2 is 1.61 bits per heavy atom. The van der Waals surface area contributed by atoms with Crippen molar-refractivity contribution in [2.24, 2.45) is 0 Å². The number of hydrogen-bond donors (Lipinski definition) is 0. The van der Waals surface area contributed by atoms with Crippen LogP contribution in [-0.4, -0.2) is 34.1 Å². The van der Waals surface area contributed by atoms with Crippen molar-refractivity contribution in [3.05, 3.63) is 91.7 Å². The predicted molar refractivity (Wildman–Crippen MR) is 153 cm³/mol. The van der Waals surface area contributed by atoms with E-state index in [-0.39, 0.29) is 31.5 Å². The van der Waals surface area contributed by atoms with E-state index in [0.717, 1.165) is 4.44 Å². The summed E-state index contributed by atoms with van der Waals surface area (Å²) in [6, 6.07) is 18.7. The molecule has 6 heteroatoms. The summed E-state index contributed by atoms with van der Waals surface area (Å²) in [6.07, 6.45) is 1.88. The van der Waals surface area contributed by atoms with Crippen molar-refractivity contribution in [1.29, 1.82) is 0 Å². The van der Waals surface area contributed by atoms with Crippen molar-refractivity contribution in [2.45, 2.75) is 39.3 Å². The fraction of sp³-hybridized carbons (Fsp3) is 0.200. The zero-order chi connectivity index (χ0) is 25.1. The summed E-state index contributed by atoms with van der Waals surface area (Å²) in [5.74, 6) is -0.298. The van der Waals surface area contributed by atoms with Gasteiger partial charge in [0, 0.05) is 0 Å². The molecule has 4 heterocycles. The van der Waals surface area contributed by atoms with E-state index >= 15 is 0 Å². The average molecular weight is 571 g/mol. The molecule has 2 aromatic carbocycles. The van der Waals surface area contributed by atoms with Gasteiger partial charge in [-0.3, -0.25) is 0 Å². The minimum atomic E-state index is -1.84. The number of carbonyl (C=O) groups excluding carboxylic acids is 2. The molecule has 0 unspecified atom stereocenters. The van der Waals surface area contributed by atoms with E-state index in [1.54, 1.807) is 12.1 Å². The van der Waals surface area contributed by atoms with Crippen molar-refractivity contribution in [1.82, 2.24) is 0 Å². The summed E-state index contributed by atoms with van der Waals surface area (Å²) in [5.41, 5.74) is 5.27. The van der Waals surface area contributed by atoms with Gasteiger partial charge < -0.3 is 0 Å². The Kier molecular flexibility index (Phi) is 4.47. The zero-order valence-corrected chi connectivity index (χ0v) is 24.4. The molecule has 0 fully saturated rings. The van der Waals surface area contributed by atoms with Gasteiger partial charge in [-0.05, 0) is 0 Å². The van der Waals surface area contributed by atoms with Crippen LogP contribution < -0.4 is 15.3 Å². The second kappa shape index (κ2) is 7.17. The first-order valence-electron chi connectivity index (χ1n) is 12.2. The van der Waals surface area contributed by atoms with E-state index < -0.39 is 8.07 Å². The molecule has 0 spiro atoms. The average Bonchev–Trinajstić information content (AvgIpc) is 3.51. The monoisotopic (exact) mass is 571 g/mol. The van der Waals surface area contributed by atoms with Gasteiger partial charge in [0.2, 0.25) is 0 Å². The Morgan fingerprint density at radius 1 is 0.917 bits per heavy atom. The van der Waals surface area contributed by atoms with E-state index in [1.807, 2.05) is 29.5 Å². The molecular formula is C30H25NO2SSeSi. The summed E-state index contributed by atoms with van der Waals surface area (Å²) >= 11 is 1.88. The molecule has 0 N–H and O–H groups in total. The minimum absolute atomic E-state index is 0.0159. The number of aryl methyl sites for hydroxylation is 1. The first kappa shape index (κ1) is 22.4. The Hall–Kier alpha value is -2.76. The number of benzene rings is 2. The molecular weight excluding hydrogens is 545 g/mol. The molecule has 0 saturated heterocycles. The first-order chi connectivity index (χ1) is 17.1. The number of thiophene rings is 1. The van der Waals surface area contributed by atoms with Crippen molar-refractivity contribution in [3.63, 3.8) is 0 Å². The van der Waals surface area contributed by atoms with Crippen LogP contribution in [0.3, 0.4) is 0 Å². The molecule has 1 aliphatic carbocycles. The number of anilines is 3.